The van der Waals surface area contributed by atoms with Gasteiger partial charge in [0.15, 0.2) is 0 Å². The van der Waals surface area contributed by atoms with Crippen molar-refractivity contribution in [3.63, 3.8) is 0 Å². The van der Waals surface area contributed by atoms with Gasteiger partial charge in [0.1, 0.15) is 11.2 Å². The van der Waals surface area contributed by atoms with Gasteiger partial charge in [-0.2, -0.15) is 0 Å². The van der Waals surface area contributed by atoms with Crippen molar-refractivity contribution in [3.05, 3.63) is 150 Å². The Hall–Kier alpha value is -6.00. The molecule has 12 rings (SSSR count). The molecule has 276 valence electrons. The van der Waals surface area contributed by atoms with Gasteiger partial charge in [-0.3, -0.25) is 0 Å². The van der Waals surface area contributed by atoms with E-state index in [1.165, 1.54) is 94.3 Å². The molecule has 3 aliphatic rings. The van der Waals surface area contributed by atoms with Crippen molar-refractivity contribution < 1.29 is 4.42 Å². The maximum atomic E-state index is 6.60. The smallest absolute Gasteiger partial charge is 0.333 e. The van der Waals surface area contributed by atoms with Gasteiger partial charge < -0.3 is 13.8 Å². The lowest BCUT2D eigenvalue weighted by Gasteiger charge is -2.43. The van der Waals surface area contributed by atoms with Crippen molar-refractivity contribution in [2.24, 2.45) is 0 Å². The first-order valence-electron chi connectivity index (χ1n) is 20.5. The standard InChI is InChI=1S/C53H45BN2O/c1-51(2,3)30-17-20-32(21-18-30)56-44-24-19-31(52(4,5)6)25-38(44)35-22-23-36-39-26-40-34-14-10-12-16-47(34)57-48(40)29-45(39)55-46-27-37-33-13-9-11-15-41(33)53(7,8)42(37)28-43(46)54(56)49(35)50(36)55/h9-29H,1-8H3. The lowest BCUT2D eigenvalue weighted by Crippen LogP contribution is -2.60. The Kier molecular flexibility index (Phi) is 6.22. The average molecular weight is 737 g/mol. The molecule has 0 spiro atoms. The van der Waals surface area contributed by atoms with Gasteiger partial charge in [0, 0.05) is 55.7 Å². The van der Waals surface area contributed by atoms with Crippen LogP contribution in [0.5, 0.6) is 0 Å². The molecule has 0 atom stereocenters. The molecule has 0 N–H and O–H groups in total. The van der Waals surface area contributed by atoms with Crippen LogP contribution in [0, 0.1) is 0 Å². The maximum absolute atomic E-state index is 6.60. The number of hydrogen-bond acceptors (Lipinski definition) is 2. The Morgan fingerprint density at radius 2 is 1.26 bits per heavy atom. The third-order valence-electron chi connectivity index (χ3n) is 13.7. The number of nitrogens with zero attached hydrogens (tertiary/aromatic N) is 2. The summed E-state index contributed by atoms with van der Waals surface area (Å²) in [6.45, 7) is 18.6. The van der Waals surface area contributed by atoms with Crippen LogP contribution in [0.25, 0.3) is 71.7 Å². The highest BCUT2D eigenvalue weighted by atomic mass is 16.3. The molecule has 7 aromatic carbocycles. The van der Waals surface area contributed by atoms with E-state index in [-0.39, 0.29) is 23.1 Å². The Morgan fingerprint density at radius 1 is 0.526 bits per heavy atom. The molecular formula is C53H45BN2O. The minimum Gasteiger partial charge on any atom is -0.456 e. The van der Waals surface area contributed by atoms with Crippen molar-refractivity contribution in [2.75, 3.05) is 4.81 Å². The third kappa shape index (κ3) is 4.28. The van der Waals surface area contributed by atoms with Crippen LogP contribution < -0.4 is 15.7 Å². The van der Waals surface area contributed by atoms with Crippen molar-refractivity contribution in [1.29, 1.82) is 0 Å². The molecule has 0 amide bonds. The SMILES string of the molecule is CC(C)(C)c1ccc(N2B3c4cc5c(cc4-n4c6cc7oc8ccccc8c7cc6c6ccc(c3c64)-c3cc(C(C)(C)C)ccc32)-c2ccccc2C5(C)C)cc1. The van der Waals surface area contributed by atoms with E-state index < -0.39 is 0 Å². The fraction of sp³-hybridized carbons (Fsp3) is 0.208. The highest BCUT2D eigenvalue weighted by Crippen LogP contribution is 2.52. The van der Waals surface area contributed by atoms with Gasteiger partial charge in [-0.25, -0.2) is 0 Å². The Labute approximate surface area is 334 Å². The van der Waals surface area contributed by atoms with Crippen LogP contribution in [0.4, 0.5) is 11.4 Å². The van der Waals surface area contributed by atoms with E-state index in [1.54, 1.807) is 0 Å². The number of hydrogen-bond donors (Lipinski definition) is 0. The minimum absolute atomic E-state index is 0.00585. The number of rotatable bonds is 1. The second-order valence-corrected chi connectivity index (χ2v) is 19.4. The predicted octanol–water partition coefficient (Wildman–Crippen LogP) is 12.8. The van der Waals surface area contributed by atoms with E-state index in [0.717, 1.165) is 21.9 Å². The fourth-order valence-electron chi connectivity index (χ4n) is 10.7. The molecule has 9 aromatic rings. The molecule has 3 nitrogen and oxygen atoms in total. The van der Waals surface area contributed by atoms with Crippen LogP contribution in [-0.2, 0) is 16.2 Å². The molecule has 4 heterocycles. The summed E-state index contributed by atoms with van der Waals surface area (Å²) in [7, 11) is 0. The molecule has 0 saturated carbocycles. The molecule has 0 radical (unpaired) electrons. The Balaban J connectivity index is 1.25. The van der Waals surface area contributed by atoms with Gasteiger partial charge in [-0.15, -0.1) is 0 Å². The van der Waals surface area contributed by atoms with Crippen LogP contribution in [0.1, 0.15) is 77.6 Å². The third-order valence-corrected chi connectivity index (χ3v) is 13.7. The average Bonchev–Trinajstić information content (AvgIpc) is 3.80. The van der Waals surface area contributed by atoms with Crippen LogP contribution in [0.3, 0.4) is 0 Å². The van der Waals surface area contributed by atoms with Gasteiger partial charge >= 0.3 is 6.85 Å². The predicted molar refractivity (Wildman–Crippen MR) is 242 cm³/mol. The molecule has 0 fully saturated rings. The lowest BCUT2D eigenvalue weighted by molar-refractivity contribution is 0.590. The van der Waals surface area contributed by atoms with Gasteiger partial charge in [-0.1, -0.05) is 134 Å². The normalized spacial score (nSPS) is 15.1. The number of fused-ring (bicyclic) bond motifs is 14. The molecule has 2 aromatic heterocycles. The van der Waals surface area contributed by atoms with Gasteiger partial charge in [0.2, 0.25) is 0 Å². The van der Waals surface area contributed by atoms with Gasteiger partial charge in [0.25, 0.3) is 0 Å². The van der Waals surface area contributed by atoms with Gasteiger partial charge in [0.05, 0.1) is 11.0 Å². The lowest BCUT2D eigenvalue weighted by atomic mass is 9.43. The van der Waals surface area contributed by atoms with E-state index in [0.29, 0.717) is 0 Å². The molecule has 0 saturated heterocycles. The summed E-state index contributed by atoms with van der Waals surface area (Å²) in [5, 5.41) is 4.86. The van der Waals surface area contributed by atoms with E-state index >= 15 is 0 Å². The zero-order chi connectivity index (χ0) is 38.9. The molecule has 4 heteroatoms. The monoisotopic (exact) mass is 736 g/mol. The maximum Gasteiger partial charge on any atom is 0.333 e. The number of furan rings is 1. The highest BCUT2D eigenvalue weighted by molar-refractivity contribution is 6.93. The summed E-state index contributed by atoms with van der Waals surface area (Å²) in [4.78, 5) is 2.66. The summed E-state index contributed by atoms with van der Waals surface area (Å²) in [6.07, 6.45) is 0. The highest BCUT2D eigenvalue weighted by Gasteiger charge is 2.46. The van der Waals surface area contributed by atoms with Crippen molar-refractivity contribution in [3.8, 4) is 27.9 Å². The summed E-state index contributed by atoms with van der Waals surface area (Å²) >= 11 is 0. The molecule has 0 bridgehead atoms. The topological polar surface area (TPSA) is 21.3 Å². The first-order valence-corrected chi connectivity index (χ1v) is 20.5. The zero-order valence-electron chi connectivity index (χ0n) is 34.0. The quantitative estimate of drug-likeness (QED) is 0.157. The molecule has 2 aliphatic heterocycles. The summed E-state index contributed by atoms with van der Waals surface area (Å²) in [6, 6.07) is 48.8. The number of aromatic nitrogens is 1. The summed E-state index contributed by atoms with van der Waals surface area (Å²) in [5.41, 5.74) is 21.5. The largest absolute Gasteiger partial charge is 0.456 e. The second-order valence-electron chi connectivity index (χ2n) is 19.4. The van der Waals surface area contributed by atoms with E-state index in [2.05, 4.69) is 192 Å². The van der Waals surface area contributed by atoms with E-state index in [9.17, 15) is 0 Å². The number of anilines is 2. The molecular weight excluding hydrogens is 691 g/mol. The summed E-state index contributed by atoms with van der Waals surface area (Å²) in [5.74, 6) is 0. The Bertz CT molecular complexity index is 3230. The van der Waals surface area contributed by atoms with E-state index in [4.69, 9.17) is 4.42 Å². The molecule has 0 unspecified atom stereocenters. The second kappa shape index (κ2) is 10.7. The summed E-state index contributed by atoms with van der Waals surface area (Å²) < 4.78 is 9.19. The van der Waals surface area contributed by atoms with Gasteiger partial charge in [-0.05, 0) is 103 Å². The minimum atomic E-state index is -0.136. The van der Waals surface area contributed by atoms with Crippen molar-refractivity contribution >= 4 is 72.9 Å². The van der Waals surface area contributed by atoms with Crippen molar-refractivity contribution in [2.45, 2.75) is 71.6 Å². The van der Waals surface area contributed by atoms with Crippen LogP contribution in [0.2, 0.25) is 0 Å². The number of benzene rings is 7. The van der Waals surface area contributed by atoms with Crippen LogP contribution in [-0.4, -0.2) is 11.4 Å². The fourth-order valence-corrected chi connectivity index (χ4v) is 10.7. The molecule has 57 heavy (non-hydrogen) atoms. The Morgan fingerprint density at radius 3 is 2.05 bits per heavy atom. The number of para-hydroxylation sites is 1. The molecule has 1 aliphatic carbocycles. The van der Waals surface area contributed by atoms with Crippen LogP contribution >= 0.6 is 0 Å². The zero-order valence-corrected chi connectivity index (χ0v) is 34.0. The first kappa shape index (κ1) is 33.2. The van der Waals surface area contributed by atoms with E-state index in [1.807, 2.05) is 0 Å². The van der Waals surface area contributed by atoms with Crippen LogP contribution in [0.15, 0.2) is 132 Å². The first-order chi connectivity index (χ1) is 27.3. The van der Waals surface area contributed by atoms with Crippen molar-refractivity contribution in [1.82, 2.24) is 4.57 Å².